The van der Waals surface area contributed by atoms with E-state index in [0.29, 0.717) is 30.8 Å². The zero-order chi connectivity index (χ0) is 106. The molecule has 148 heavy (non-hydrogen) atoms. The molecule has 0 aliphatic heterocycles. The molecule has 0 atom stereocenters. The van der Waals surface area contributed by atoms with E-state index in [1.807, 2.05) is 31.1 Å². The van der Waals surface area contributed by atoms with Gasteiger partial charge in [0.15, 0.2) is 29.1 Å². The fourth-order valence-corrected chi connectivity index (χ4v) is 21.6. The minimum Gasteiger partial charge on any atom is -0.344 e. The number of anilines is 10. The number of aryl methyl sites for hydroxylation is 10. The van der Waals surface area contributed by atoms with Crippen LogP contribution in [0.15, 0.2) is 170 Å². The summed E-state index contributed by atoms with van der Waals surface area (Å²) in [6, 6.07) is 27.2. The Morgan fingerprint density at radius 2 is 0.581 bits per heavy atom. The number of hydrogen-bond acceptors (Lipinski definition) is 23. The number of aromatic nitrogens is 16. The van der Waals surface area contributed by atoms with E-state index < -0.39 is 90.0 Å². The Morgan fingerprint density at radius 1 is 0.284 bits per heavy atom. The molecule has 50 heteroatoms. The first-order valence-electron chi connectivity index (χ1n) is 47.5. The van der Waals surface area contributed by atoms with Gasteiger partial charge >= 0.3 is 202 Å². The van der Waals surface area contributed by atoms with Gasteiger partial charge in [0.25, 0.3) is 59.1 Å². The van der Waals surface area contributed by atoms with Crippen molar-refractivity contribution in [1.82, 2.24) is 112 Å². The summed E-state index contributed by atoms with van der Waals surface area (Å²) < 4.78 is 14.2. The van der Waals surface area contributed by atoms with Crippen molar-refractivity contribution in [1.29, 1.82) is 0 Å². The minimum absolute atomic E-state index is 0.00902. The van der Waals surface area contributed by atoms with Crippen LogP contribution in [0.2, 0.25) is 0 Å². The van der Waals surface area contributed by atoms with E-state index in [-0.39, 0.29) is 187 Å². The topological polar surface area (TPSA) is 595 Å². The monoisotopic (exact) mass is 2050 g/mol. The molecule has 16 amide bonds. The van der Waals surface area contributed by atoms with Gasteiger partial charge < -0.3 is 125 Å². The molecule has 49 nitrogen and oxygen atoms in total. The van der Waals surface area contributed by atoms with Gasteiger partial charge in [0.1, 0.15) is 22.8 Å². The second-order valence-electron chi connectivity index (χ2n) is 35.6. The van der Waals surface area contributed by atoms with Crippen LogP contribution in [0.5, 0.6) is 0 Å². The van der Waals surface area contributed by atoms with Crippen LogP contribution in [0.4, 0.5) is 57.7 Å². The van der Waals surface area contributed by atoms with E-state index in [0.717, 1.165) is 38.4 Å². The first kappa shape index (κ1) is 107. The van der Waals surface area contributed by atoms with E-state index in [9.17, 15) is 76.7 Å². The number of benzene rings is 2. The Bertz CT molecular complexity index is 7030. The van der Waals surface area contributed by atoms with Gasteiger partial charge in [-0.05, 0) is 57.7 Å². The third kappa shape index (κ3) is 28.4. The average Bonchev–Trinajstić information content (AvgIpc) is 0.931. The Hall–Kier alpha value is -17.8. The van der Waals surface area contributed by atoms with Gasteiger partial charge in [-0.25, -0.2) is 24.9 Å². The first-order chi connectivity index (χ1) is 70.8. The molecule has 16 N–H and O–H groups in total. The maximum atomic E-state index is 13.6. The molecule has 0 radical (unpaired) electrons. The van der Waals surface area contributed by atoms with Crippen molar-refractivity contribution in [3.05, 3.63) is 228 Å². The maximum absolute atomic E-state index is 13.6. The Labute approximate surface area is 849 Å². The van der Waals surface area contributed by atoms with Crippen molar-refractivity contribution >= 4 is 170 Å². The molecule has 13 rings (SSSR count). The Kier molecular flexibility index (Phi) is 35.9. The van der Waals surface area contributed by atoms with Gasteiger partial charge in [0.05, 0.1) is 22.7 Å². The second kappa shape index (κ2) is 49.5. The minimum atomic E-state index is -2.39. The standard InChI is InChI=1S/C98H120N33O16P/c1-121(2)44-25-39-99-78(133)34-41-102-90(139)68-47-61(51-122(68)3)106-91(140)69-46-60(50-124(69)5)105-80(135)36-42-103-93(142)83-115-74(57-126(83)7)118-92(141)70-49-63(53-125(70)6)108-96(145)85-112-71(54-128(85)9)109-79(134)33-24-38-101-89(138)67-48-62(52-123(67)4)107-95(144)86-113-72(55-129(86)10)111-82(137)37-43-104-94(143)84-116-75(58-127(84)8)119-98(147)88-117-76(59-131(88)12)120-97(146)87-114-73(56-130(87)11)110-81(136)35-40-100-77(132)32-22-23-45-148(64-26-16-13-17-27-64,65-28-18-14-19-29-65)66-30-20-15-21-31-66/h13-14,16-20,26-31,46-59,148H,15,21-25,32-45H2,1-12H3,(H,99,133)(H,100,132)(H,101,138)(H,102,139)(H,103,142)(H,104,143)(H,105,135)(H,106,140)(H,107,144)(H,108,145)(H,109,134)(H,110,136)(H,111,137)(H,118,141)(H,119,147)(H,120,146). The zero-order valence-electron chi connectivity index (χ0n) is 83.9. The van der Waals surface area contributed by atoms with Crippen LogP contribution in [0, 0.1) is 0 Å². The van der Waals surface area contributed by atoms with Gasteiger partial charge in [-0.1, -0.05) is 0 Å². The predicted octanol–water partition coefficient (Wildman–Crippen LogP) is 5.06. The van der Waals surface area contributed by atoms with Crippen molar-refractivity contribution in [2.45, 2.75) is 77.0 Å². The molecule has 0 bridgehead atoms. The first-order valence-corrected chi connectivity index (χ1v) is 49.7. The number of imidazole rings is 6. The Balaban J connectivity index is 0.475. The molecule has 2 aromatic carbocycles. The summed E-state index contributed by atoms with van der Waals surface area (Å²) in [6.07, 6.45) is 26.8. The number of amides is 16. The van der Waals surface area contributed by atoms with Crippen molar-refractivity contribution < 1.29 is 76.7 Å². The van der Waals surface area contributed by atoms with Crippen LogP contribution in [0.1, 0.15) is 183 Å². The van der Waals surface area contributed by atoms with Gasteiger partial charge in [-0.15, -0.1) is 0 Å². The van der Waals surface area contributed by atoms with Gasteiger partial charge in [-0.3, -0.25) is 67.1 Å². The van der Waals surface area contributed by atoms with Crippen LogP contribution in [0.25, 0.3) is 0 Å². The molecular weight excluding hydrogens is 1930 g/mol. The van der Waals surface area contributed by atoms with Crippen LogP contribution >= 0.6 is 7.26 Å². The summed E-state index contributed by atoms with van der Waals surface area (Å²) in [5.41, 5.74) is 1.77. The molecule has 0 spiro atoms. The summed E-state index contributed by atoms with van der Waals surface area (Å²) in [4.78, 5) is 239. The Morgan fingerprint density at radius 3 is 0.980 bits per heavy atom. The number of nitrogens with one attached hydrogen (secondary N) is 16. The van der Waals surface area contributed by atoms with Crippen LogP contribution < -0.4 is 95.7 Å². The fraction of sp³-hybridized carbons (Fsp3) is 0.327. The molecule has 10 aromatic heterocycles. The molecule has 12 aromatic rings. The van der Waals surface area contributed by atoms with E-state index in [4.69, 9.17) is 0 Å². The smallest absolute Gasteiger partial charge is 0.344 e. The normalized spacial score (nSPS) is 11.8. The number of allylic oxidation sites excluding steroid dienone is 4. The van der Waals surface area contributed by atoms with Gasteiger partial charge in [0, 0.05) is 185 Å². The molecule has 0 unspecified atom stereocenters. The van der Waals surface area contributed by atoms with Crippen LogP contribution in [-0.4, -0.2) is 241 Å². The molecule has 1 aliphatic rings. The number of nitrogens with zero attached hydrogens (tertiary/aromatic N) is 17. The number of rotatable bonds is 48. The number of carbonyl (C=O) groups is 16. The predicted molar refractivity (Wildman–Crippen MR) is 555 cm³/mol. The van der Waals surface area contributed by atoms with Crippen molar-refractivity contribution in [3.63, 3.8) is 0 Å². The van der Waals surface area contributed by atoms with E-state index >= 15 is 0 Å². The number of unbranched alkanes of at least 4 members (excludes halogenated alkanes) is 1. The average molecular weight is 2050 g/mol. The van der Waals surface area contributed by atoms with E-state index in [1.54, 1.807) is 41.4 Å². The molecule has 0 saturated carbocycles. The second-order valence-corrected chi connectivity index (χ2v) is 39.7. The van der Waals surface area contributed by atoms with Crippen molar-refractivity contribution in [3.8, 4) is 0 Å². The molecule has 1 aliphatic carbocycles. The molecule has 10 heterocycles. The van der Waals surface area contributed by atoms with Crippen molar-refractivity contribution in [2.24, 2.45) is 70.5 Å². The van der Waals surface area contributed by atoms with Crippen molar-refractivity contribution in [2.75, 3.05) is 119 Å². The summed E-state index contributed by atoms with van der Waals surface area (Å²) in [7, 11) is 17.1. The van der Waals surface area contributed by atoms with Gasteiger partial charge in [0.2, 0.25) is 58.6 Å². The summed E-state index contributed by atoms with van der Waals surface area (Å²) in [5, 5.41) is 47.1. The summed E-state index contributed by atoms with van der Waals surface area (Å²) in [6.45, 7) is 1.36. The third-order valence-electron chi connectivity index (χ3n) is 23.8. The molecule has 0 fully saturated rings. The number of hydrogen-bond donors (Lipinski definition) is 16. The quantitative estimate of drug-likeness (QED) is 0.0175. The SMILES string of the molecule is CN(C)CCCNC(=O)CCNC(=O)c1cc(NC(=O)c2cc(NC(=O)CCNC(=O)c3nc(NC(=O)c4cc(NC(=O)c5nc(NC(=O)CCCNC(=O)c6cc(NC(=O)c7nc(NC(=O)CCNC(=O)c8nc(NC(=O)c9nc(NC(=O)c%10nc(NC(=O)CCNC(=O)CCCC[PH](C%11=CCCC=C%11)(c%11ccccc%11)c%11ccccc%11)cn%10C)cn9C)cn8C)cn7C)cn6C)cn5C)cn4C)cn3C)cn2C)cn1C. The van der Waals surface area contributed by atoms with Crippen LogP contribution in [0.3, 0.4) is 0 Å². The van der Waals surface area contributed by atoms with E-state index in [2.05, 4.69) is 182 Å². The van der Waals surface area contributed by atoms with Crippen LogP contribution in [-0.2, 0) is 99.2 Å². The number of carbonyl (C=O) groups excluding carboxylic acids is 16. The fourth-order valence-electron chi connectivity index (χ4n) is 16.6. The molecular formula is C98H120N33O16P. The summed E-state index contributed by atoms with van der Waals surface area (Å²) >= 11 is 0. The zero-order valence-corrected chi connectivity index (χ0v) is 84.9. The summed E-state index contributed by atoms with van der Waals surface area (Å²) in [5.74, 6) is -9.06. The van der Waals surface area contributed by atoms with Gasteiger partial charge in [-0.2, -0.15) is 0 Å². The third-order valence-corrected chi connectivity index (χ3v) is 28.9. The van der Waals surface area contributed by atoms with E-state index in [1.165, 1.54) is 177 Å². The molecule has 0 saturated heterocycles. The molecule has 778 valence electrons.